The number of methoxy groups -OCH3 is 2. The molecule has 2 aromatic heterocycles. The highest BCUT2D eigenvalue weighted by Crippen LogP contribution is 2.43. The molecule has 2 heterocycles. The van der Waals surface area contributed by atoms with Crippen molar-refractivity contribution in [2.75, 3.05) is 14.2 Å². The summed E-state index contributed by atoms with van der Waals surface area (Å²) in [5.74, 6) is 2.31. The van der Waals surface area contributed by atoms with Crippen LogP contribution < -0.4 is 9.47 Å². The molecule has 5 rings (SSSR count). The summed E-state index contributed by atoms with van der Waals surface area (Å²) in [5.41, 5.74) is 4.83. The van der Waals surface area contributed by atoms with E-state index in [-0.39, 0.29) is 5.88 Å². The van der Waals surface area contributed by atoms with Gasteiger partial charge in [0.2, 0.25) is 5.88 Å². The summed E-state index contributed by atoms with van der Waals surface area (Å²) in [4.78, 5) is 4.67. The molecule has 0 unspecified atom stereocenters. The molecule has 0 radical (unpaired) electrons. The molecule has 0 aliphatic heterocycles. The second-order valence-electron chi connectivity index (χ2n) is 8.20. The number of hydrogen-bond acceptors (Lipinski definition) is 5. The minimum Gasteiger partial charge on any atom is -0.497 e. The maximum absolute atomic E-state index is 10.2. The molecule has 3 aromatic carbocycles. The summed E-state index contributed by atoms with van der Waals surface area (Å²) in [6.45, 7) is 2.96. The number of para-hydroxylation sites is 1. The number of nitriles is 1. The Hall–Kier alpha value is -4.76. The van der Waals surface area contributed by atoms with Crippen LogP contribution in [0.1, 0.15) is 18.1 Å². The largest absolute Gasteiger partial charge is 0.497 e. The van der Waals surface area contributed by atoms with E-state index in [1.165, 1.54) is 0 Å². The summed E-state index contributed by atoms with van der Waals surface area (Å²) in [5, 5.41) is 11.3. The minimum atomic E-state index is 0.266. The molecule has 0 amide bonds. The molecule has 0 atom stereocenters. The SMILES string of the molecule is CCn1cc(C=Nc2oc(-c3ccc(OC)cc3)c(-c3ccc(OC)cc3)c2C#N)c2ccccc21. The van der Waals surface area contributed by atoms with Gasteiger partial charge in [-0.15, -0.1) is 0 Å². The number of nitrogens with zero attached hydrogens (tertiary/aromatic N) is 3. The Morgan fingerprint density at radius 1 is 0.917 bits per heavy atom. The van der Waals surface area contributed by atoms with Crippen molar-refractivity contribution in [1.82, 2.24) is 4.57 Å². The molecule has 0 bridgehead atoms. The third kappa shape index (κ3) is 4.12. The molecule has 0 aliphatic carbocycles. The van der Waals surface area contributed by atoms with Crippen LogP contribution in [0.25, 0.3) is 33.4 Å². The van der Waals surface area contributed by atoms with Crippen LogP contribution in [-0.4, -0.2) is 25.0 Å². The minimum absolute atomic E-state index is 0.266. The first-order valence-corrected chi connectivity index (χ1v) is 11.6. The van der Waals surface area contributed by atoms with Crippen molar-refractivity contribution in [3.63, 3.8) is 0 Å². The van der Waals surface area contributed by atoms with Crippen molar-refractivity contribution in [2.45, 2.75) is 13.5 Å². The molecule has 0 saturated carbocycles. The van der Waals surface area contributed by atoms with Gasteiger partial charge in [0.25, 0.3) is 0 Å². The van der Waals surface area contributed by atoms with E-state index in [4.69, 9.17) is 13.9 Å². The molecule has 0 aliphatic rings. The quantitative estimate of drug-likeness (QED) is 0.233. The summed E-state index contributed by atoms with van der Waals surface area (Å²) < 4.78 is 19.1. The Balaban J connectivity index is 1.66. The van der Waals surface area contributed by atoms with Gasteiger partial charge in [-0.05, 0) is 55.0 Å². The van der Waals surface area contributed by atoms with Gasteiger partial charge in [0.05, 0.1) is 14.2 Å². The highest BCUT2D eigenvalue weighted by molar-refractivity contribution is 6.00. The molecule has 178 valence electrons. The Morgan fingerprint density at radius 2 is 1.56 bits per heavy atom. The van der Waals surface area contributed by atoms with E-state index in [1.54, 1.807) is 20.4 Å². The van der Waals surface area contributed by atoms with E-state index >= 15 is 0 Å². The van der Waals surface area contributed by atoms with Gasteiger partial charge < -0.3 is 18.5 Å². The molecule has 0 saturated heterocycles. The van der Waals surface area contributed by atoms with Gasteiger partial charge in [0.1, 0.15) is 28.9 Å². The van der Waals surface area contributed by atoms with Crippen LogP contribution in [0.5, 0.6) is 11.5 Å². The fourth-order valence-corrected chi connectivity index (χ4v) is 4.36. The fourth-order valence-electron chi connectivity index (χ4n) is 4.36. The Morgan fingerprint density at radius 3 is 2.17 bits per heavy atom. The number of furan rings is 1. The van der Waals surface area contributed by atoms with Gasteiger partial charge >= 0.3 is 0 Å². The number of hydrogen-bond donors (Lipinski definition) is 0. The van der Waals surface area contributed by atoms with Gasteiger partial charge in [-0.25, -0.2) is 4.99 Å². The lowest BCUT2D eigenvalue weighted by Gasteiger charge is -2.06. The van der Waals surface area contributed by atoms with Gasteiger partial charge in [0.15, 0.2) is 0 Å². The lowest BCUT2D eigenvalue weighted by Crippen LogP contribution is -1.89. The van der Waals surface area contributed by atoms with Crippen molar-refractivity contribution in [2.24, 2.45) is 4.99 Å². The number of fused-ring (bicyclic) bond motifs is 1. The van der Waals surface area contributed by atoms with E-state index in [0.717, 1.165) is 45.6 Å². The van der Waals surface area contributed by atoms with Crippen molar-refractivity contribution < 1.29 is 13.9 Å². The molecular formula is C30H25N3O3. The lowest BCUT2D eigenvalue weighted by molar-refractivity contribution is 0.414. The normalized spacial score (nSPS) is 11.2. The van der Waals surface area contributed by atoms with Gasteiger partial charge in [-0.3, -0.25) is 0 Å². The molecule has 0 N–H and O–H groups in total. The number of aryl methyl sites for hydroxylation is 1. The van der Waals surface area contributed by atoms with E-state index in [1.807, 2.05) is 60.7 Å². The summed E-state index contributed by atoms with van der Waals surface area (Å²) in [7, 11) is 3.25. The number of aliphatic imine (C=N–C) groups is 1. The lowest BCUT2D eigenvalue weighted by atomic mass is 9.98. The van der Waals surface area contributed by atoms with Crippen molar-refractivity contribution >= 4 is 23.0 Å². The molecule has 0 spiro atoms. The molecule has 0 fully saturated rings. The Labute approximate surface area is 209 Å². The average molecular weight is 476 g/mol. The number of benzene rings is 3. The molecule has 36 heavy (non-hydrogen) atoms. The van der Waals surface area contributed by atoms with E-state index in [2.05, 4.69) is 40.9 Å². The van der Waals surface area contributed by atoms with E-state index < -0.39 is 0 Å². The van der Waals surface area contributed by atoms with Crippen LogP contribution in [0, 0.1) is 11.3 Å². The molecular weight excluding hydrogens is 450 g/mol. The van der Waals surface area contributed by atoms with Gasteiger partial charge in [-0.2, -0.15) is 5.26 Å². The highest BCUT2D eigenvalue weighted by Gasteiger charge is 2.23. The topological polar surface area (TPSA) is 72.7 Å². The Bertz CT molecular complexity index is 1580. The monoisotopic (exact) mass is 475 g/mol. The standard InChI is InChI=1S/C30H25N3O3/c1-4-33-19-22(25-7-5-6-8-27(25)33)18-32-30-26(17-31)28(20-9-13-23(34-2)14-10-20)29(36-30)21-11-15-24(35-3)16-12-21/h5-16,18-19H,4H2,1-3H3. The average Bonchev–Trinajstić information content (AvgIpc) is 3.50. The molecule has 5 aromatic rings. The number of aromatic nitrogens is 1. The molecule has 6 nitrogen and oxygen atoms in total. The van der Waals surface area contributed by atoms with Crippen LogP contribution in [0.15, 0.2) is 88.4 Å². The Kier molecular flexibility index (Phi) is 6.29. The number of rotatable bonds is 7. The van der Waals surface area contributed by atoms with E-state index in [0.29, 0.717) is 16.9 Å². The zero-order chi connectivity index (χ0) is 25.1. The van der Waals surface area contributed by atoms with Gasteiger partial charge in [-0.1, -0.05) is 30.3 Å². The molecule has 6 heteroatoms. The van der Waals surface area contributed by atoms with Crippen molar-refractivity contribution in [1.29, 1.82) is 5.26 Å². The third-order valence-corrected chi connectivity index (χ3v) is 6.21. The number of ether oxygens (including phenoxy) is 2. The summed E-state index contributed by atoms with van der Waals surface area (Å²) in [6.07, 6.45) is 3.84. The van der Waals surface area contributed by atoms with Crippen LogP contribution in [0.3, 0.4) is 0 Å². The highest BCUT2D eigenvalue weighted by atomic mass is 16.5. The summed E-state index contributed by atoms with van der Waals surface area (Å²) in [6, 6.07) is 25.6. The van der Waals surface area contributed by atoms with Crippen LogP contribution >= 0.6 is 0 Å². The van der Waals surface area contributed by atoms with Gasteiger partial charge in [0, 0.05) is 46.5 Å². The smallest absolute Gasteiger partial charge is 0.238 e. The predicted octanol–water partition coefficient (Wildman–Crippen LogP) is 7.23. The van der Waals surface area contributed by atoms with Crippen LogP contribution in [0.4, 0.5) is 5.88 Å². The van der Waals surface area contributed by atoms with Crippen LogP contribution in [0.2, 0.25) is 0 Å². The maximum atomic E-state index is 10.2. The van der Waals surface area contributed by atoms with Crippen molar-refractivity contribution in [3.05, 3.63) is 90.1 Å². The second-order valence-corrected chi connectivity index (χ2v) is 8.20. The first-order chi connectivity index (χ1) is 17.7. The first-order valence-electron chi connectivity index (χ1n) is 11.6. The zero-order valence-electron chi connectivity index (χ0n) is 20.4. The first kappa shape index (κ1) is 23.0. The maximum Gasteiger partial charge on any atom is 0.238 e. The fraction of sp³-hybridized carbons (Fsp3) is 0.133. The second kappa shape index (κ2) is 9.85. The third-order valence-electron chi connectivity index (χ3n) is 6.21. The predicted molar refractivity (Wildman–Crippen MR) is 142 cm³/mol. The zero-order valence-corrected chi connectivity index (χ0v) is 20.4. The summed E-state index contributed by atoms with van der Waals surface area (Å²) >= 11 is 0. The van der Waals surface area contributed by atoms with Crippen LogP contribution in [-0.2, 0) is 6.54 Å². The van der Waals surface area contributed by atoms with Crippen molar-refractivity contribution in [3.8, 4) is 40.0 Å². The van der Waals surface area contributed by atoms with E-state index in [9.17, 15) is 5.26 Å².